The topological polar surface area (TPSA) is 66.5 Å². The van der Waals surface area contributed by atoms with Crippen LogP contribution in [-0.2, 0) is 26.8 Å². The molecule has 2 heterocycles. The van der Waals surface area contributed by atoms with Gasteiger partial charge in [-0.3, -0.25) is 4.79 Å². The van der Waals surface area contributed by atoms with Crippen LogP contribution in [0.5, 0.6) is 0 Å². The second kappa shape index (κ2) is 8.12. The van der Waals surface area contributed by atoms with E-state index in [4.69, 9.17) is 0 Å². The highest BCUT2D eigenvalue weighted by molar-refractivity contribution is 7.89. The summed E-state index contributed by atoms with van der Waals surface area (Å²) in [5.74, 6) is 0.0724. The van der Waals surface area contributed by atoms with Crippen LogP contribution in [-0.4, -0.2) is 37.5 Å². The Hall–Kier alpha value is -1.70. The zero-order valence-corrected chi connectivity index (χ0v) is 17.4. The van der Waals surface area contributed by atoms with Crippen molar-refractivity contribution >= 4 is 27.3 Å². The Morgan fingerprint density at radius 2 is 1.81 bits per heavy atom. The third-order valence-corrected chi connectivity index (χ3v) is 8.20. The van der Waals surface area contributed by atoms with Crippen LogP contribution >= 0.6 is 11.3 Å². The van der Waals surface area contributed by atoms with Crippen molar-refractivity contribution in [1.82, 2.24) is 9.62 Å². The molecule has 5 nitrogen and oxygen atoms in total. The predicted molar refractivity (Wildman–Crippen MR) is 109 cm³/mol. The molecular formula is C20H26N2O3S2. The molecule has 0 spiro atoms. The van der Waals surface area contributed by atoms with E-state index in [2.05, 4.69) is 5.32 Å². The average Bonchev–Trinajstić information content (AvgIpc) is 3.12. The summed E-state index contributed by atoms with van der Waals surface area (Å²) in [5, 5.41) is 3.09. The average molecular weight is 407 g/mol. The zero-order chi connectivity index (χ0) is 19.5. The van der Waals surface area contributed by atoms with Crippen molar-refractivity contribution in [2.24, 2.45) is 0 Å². The predicted octanol–water partition coefficient (Wildman–Crippen LogP) is 3.06. The summed E-state index contributed by atoms with van der Waals surface area (Å²) in [6.45, 7) is 4.95. The summed E-state index contributed by atoms with van der Waals surface area (Å²) >= 11 is 1.68. The van der Waals surface area contributed by atoms with E-state index in [1.165, 1.54) is 9.18 Å². The van der Waals surface area contributed by atoms with Gasteiger partial charge in [0, 0.05) is 22.8 Å². The van der Waals surface area contributed by atoms with E-state index >= 15 is 0 Å². The van der Waals surface area contributed by atoms with Gasteiger partial charge < -0.3 is 5.32 Å². The highest BCUT2D eigenvalue weighted by Crippen LogP contribution is 2.37. The number of thiophene rings is 1. The van der Waals surface area contributed by atoms with E-state index in [1.807, 2.05) is 49.4 Å². The van der Waals surface area contributed by atoms with Gasteiger partial charge in [0.25, 0.3) is 0 Å². The first kappa shape index (κ1) is 20.0. The van der Waals surface area contributed by atoms with Gasteiger partial charge in [0.1, 0.15) is 0 Å². The highest BCUT2D eigenvalue weighted by atomic mass is 32.2. The van der Waals surface area contributed by atoms with Gasteiger partial charge in [0.15, 0.2) is 0 Å². The summed E-state index contributed by atoms with van der Waals surface area (Å²) in [5.41, 5.74) is 0.270. The van der Waals surface area contributed by atoms with E-state index in [9.17, 15) is 13.2 Å². The van der Waals surface area contributed by atoms with Gasteiger partial charge in [0.05, 0.1) is 17.7 Å². The Morgan fingerprint density at radius 1 is 1.15 bits per heavy atom. The molecule has 1 fully saturated rings. The number of nitrogens with zero attached hydrogens (tertiary/aromatic N) is 1. The van der Waals surface area contributed by atoms with Crippen molar-refractivity contribution in [2.45, 2.75) is 38.6 Å². The summed E-state index contributed by atoms with van der Waals surface area (Å²) in [6.07, 6.45) is 0.983. The molecule has 0 atom stereocenters. The van der Waals surface area contributed by atoms with Crippen LogP contribution in [0.1, 0.15) is 35.1 Å². The molecule has 146 valence electrons. The number of aryl methyl sites for hydroxylation is 1. The Balaban J connectivity index is 1.81. The lowest BCUT2D eigenvalue weighted by Crippen LogP contribution is -2.52. The number of carbonyl (C=O) groups is 1. The first-order valence-corrected chi connectivity index (χ1v) is 11.7. The quantitative estimate of drug-likeness (QED) is 0.802. The van der Waals surface area contributed by atoms with Crippen LogP contribution in [0.15, 0.2) is 42.5 Å². The molecule has 0 unspecified atom stereocenters. The molecule has 3 rings (SSSR count). The molecule has 0 saturated carbocycles. The summed E-state index contributed by atoms with van der Waals surface area (Å²) in [7, 11) is -3.23. The Labute approximate surface area is 165 Å². The maximum atomic E-state index is 13.3. The maximum absolute atomic E-state index is 13.3. The minimum Gasteiger partial charge on any atom is -0.350 e. The molecule has 1 saturated heterocycles. The van der Waals surface area contributed by atoms with Gasteiger partial charge in [-0.1, -0.05) is 30.3 Å². The van der Waals surface area contributed by atoms with E-state index in [-0.39, 0.29) is 11.7 Å². The lowest BCUT2D eigenvalue weighted by molar-refractivity contribution is -0.128. The molecular weight excluding hydrogens is 380 g/mol. The summed E-state index contributed by atoms with van der Waals surface area (Å²) in [4.78, 5) is 15.6. The Kier molecular flexibility index (Phi) is 6.03. The van der Waals surface area contributed by atoms with Crippen molar-refractivity contribution in [3.63, 3.8) is 0 Å². The zero-order valence-electron chi connectivity index (χ0n) is 15.8. The minimum atomic E-state index is -3.23. The molecule has 0 bridgehead atoms. The molecule has 1 amide bonds. The minimum absolute atomic E-state index is 0.0201. The van der Waals surface area contributed by atoms with Crippen LogP contribution in [0, 0.1) is 6.92 Å². The molecule has 0 radical (unpaired) electrons. The molecule has 1 aromatic carbocycles. The van der Waals surface area contributed by atoms with Crippen LogP contribution < -0.4 is 5.32 Å². The SMILES string of the molecule is CCS(=O)(=O)N1CCC(C(=O)NCc2ccc(C)s2)(c2ccccc2)CC1. The fourth-order valence-electron chi connectivity index (χ4n) is 3.65. The first-order chi connectivity index (χ1) is 12.9. The summed E-state index contributed by atoms with van der Waals surface area (Å²) in [6, 6.07) is 13.8. The molecule has 27 heavy (non-hydrogen) atoms. The van der Waals surface area contributed by atoms with Crippen LogP contribution in [0.3, 0.4) is 0 Å². The summed E-state index contributed by atoms with van der Waals surface area (Å²) < 4.78 is 25.9. The molecule has 0 aliphatic carbocycles. The number of benzene rings is 1. The second-order valence-electron chi connectivity index (χ2n) is 6.94. The largest absolute Gasteiger partial charge is 0.350 e. The number of sulfonamides is 1. The van der Waals surface area contributed by atoms with Gasteiger partial charge in [-0.25, -0.2) is 12.7 Å². The molecule has 1 aromatic heterocycles. The molecule has 7 heteroatoms. The second-order valence-corrected chi connectivity index (χ2v) is 10.6. The fourth-order valence-corrected chi connectivity index (χ4v) is 5.58. The Bertz CT molecular complexity index is 883. The number of hydrogen-bond donors (Lipinski definition) is 1. The number of hydrogen-bond acceptors (Lipinski definition) is 4. The number of piperidine rings is 1. The number of rotatable bonds is 6. The van der Waals surface area contributed by atoms with Crippen molar-refractivity contribution in [3.8, 4) is 0 Å². The lowest BCUT2D eigenvalue weighted by atomic mass is 9.72. The molecule has 1 aliphatic rings. The normalized spacial score (nSPS) is 17.6. The standard InChI is InChI=1S/C20H26N2O3S2/c1-3-27(24,25)22-13-11-20(12-14-22,17-7-5-4-6-8-17)19(23)21-15-18-10-9-16(2)26-18/h4-10H,3,11-15H2,1-2H3,(H,21,23). The van der Waals surface area contributed by atoms with Crippen molar-refractivity contribution in [2.75, 3.05) is 18.8 Å². The number of nitrogens with one attached hydrogen (secondary N) is 1. The third kappa shape index (κ3) is 4.25. The Morgan fingerprint density at radius 3 is 2.37 bits per heavy atom. The lowest BCUT2D eigenvalue weighted by Gasteiger charge is -2.40. The van der Waals surface area contributed by atoms with Gasteiger partial charge >= 0.3 is 0 Å². The van der Waals surface area contributed by atoms with Crippen molar-refractivity contribution < 1.29 is 13.2 Å². The third-order valence-electron chi connectivity index (χ3n) is 5.31. The van der Waals surface area contributed by atoms with Gasteiger partial charge in [-0.2, -0.15) is 0 Å². The van der Waals surface area contributed by atoms with E-state index < -0.39 is 15.4 Å². The van der Waals surface area contributed by atoms with E-state index in [0.717, 1.165) is 10.4 Å². The fraction of sp³-hybridized carbons (Fsp3) is 0.450. The first-order valence-electron chi connectivity index (χ1n) is 9.24. The van der Waals surface area contributed by atoms with Gasteiger partial charge in [-0.05, 0) is 44.4 Å². The smallest absolute Gasteiger partial charge is 0.231 e. The molecule has 2 aromatic rings. The molecule has 1 N–H and O–H groups in total. The van der Waals surface area contributed by atoms with Crippen LogP contribution in [0.4, 0.5) is 0 Å². The van der Waals surface area contributed by atoms with Crippen molar-refractivity contribution in [3.05, 3.63) is 57.8 Å². The highest BCUT2D eigenvalue weighted by Gasteiger charge is 2.44. The van der Waals surface area contributed by atoms with E-state index in [0.29, 0.717) is 32.5 Å². The van der Waals surface area contributed by atoms with Crippen LogP contribution in [0.2, 0.25) is 0 Å². The maximum Gasteiger partial charge on any atom is 0.231 e. The van der Waals surface area contributed by atoms with Crippen molar-refractivity contribution in [1.29, 1.82) is 0 Å². The number of amides is 1. The van der Waals surface area contributed by atoms with Crippen LogP contribution in [0.25, 0.3) is 0 Å². The molecule has 1 aliphatic heterocycles. The number of carbonyl (C=O) groups excluding carboxylic acids is 1. The monoisotopic (exact) mass is 406 g/mol. The van der Waals surface area contributed by atoms with Gasteiger partial charge in [-0.15, -0.1) is 11.3 Å². The van der Waals surface area contributed by atoms with E-state index in [1.54, 1.807) is 18.3 Å². The van der Waals surface area contributed by atoms with Gasteiger partial charge in [0.2, 0.25) is 15.9 Å².